The summed E-state index contributed by atoms with van der Waals surface area (Å²) in [6.45, 7) is 5.66. The summed E-state index contributed by atoms with van der Waals surface area (Å²) in [5.74, 6) is 0.848. The predicted molar refractivity (Wildman–Crippen MR) is 86.0 cm³/mol. The minimum absolute atomic E-state index is 0.0204. The number of nitrogens with one attached hydrogen (secondary N) is 1. The Morgan fingerprint density at radius 1 is 1.30 bits per heavy atom. The molecule has 2 aromatic rings. The van der Waals surface area contributed by atoms with Crippen molar-refractivity contribution in [3.8, 4) is 0 Å². The van der Waals surface area contributed by atoms with Crippen molar-refractivity contribution in [1.29, 1.82) is 0 Å². The minimum atomic E-state index is 0.0204. The van der Waals surface area contributed by atoms with Crippen LogP contribution in [-0.4, -0.2) is 30.5 Å². The van der Waals surface area contributed by atoms with E-state index in [1.165, 1.54) is 0 Å². The van der Waals surface area contributed by atoms with Crippen molar-refractivity contribution in [3.63, 3.8) is 0 Å². The maximum atomic E-state index is 11.7. The van der Waals surface area contributed by atoms with Crippen LogP contribution in [-0.2, 0) is 4.79 Å². The van der Waals surface area contributed by atoms with E-state index in [2.05, 4.69) is 26.2 Å². The molecule has 0 bridgehead atoms. The van der Waals surface area contributed by atoms with Crippen molar-refractivity contribution in [2.45, 2.75) is 13.8 Å². The Hall–Kier alpha value is -1.62. The van der Waals surface area contributed by atoms with E-state index in [0.29, 0.717) is 13.1 Å². The van der Waals surface area contributed by atoms with Gasteiger partial charge < -0.3 is 10.2 Å². The van der Waals surface area contributed by atoms with E-state index in [1.807, 2.05) is 49.1 Å². The largest absolute Gasteiger partial charge is 0.355 e. The topological polar surface area (TPSA) is 45.2 Å². The molecule has 0 atom stereocenters. The number of amides is 1. The number of hydrogen-bond acceptors (Lipinski definition) is 3. The number of halogens is 1. The Labute approximate surface area is 127 Å². The maximum Gasteiger partial charge on any atom is 0.239 e. The first-order valence-electron chi connectivity index (χ1n) is 6.72. The van der Waals surface area contributed by atoms with Crippen molar-refractivity contribution in [1.82, 2.24) is 10.3 Å². The molecule has 0 spiro atoms. The van der Waals surface area contributed by atoms with Crippen molar-refractivity contribution >= 4 is 38.6 Å². The van der Waals surface area contributed by atoms with Gasteiger partial charge in [-0.15, -0.1) is 0 Å². The zero-order valence-corrected chi connectivity index (χ0v) is 13.3. The number of nitrogens with zero attached hydrogens (tertiary/aromatic N) is 2. The number of rotatable bonds is 5. The Morgan fingerprint density at radius 2 is 2.10 bits per heavy atom. The van der Waals surface area contributed by atoms with Gasteiger partial charge in [0.1, 0.15) is 5.82 Å². The van der Waals surface area contributed by atoms with Crippen LogP contribution in [0.3, 0.4) is 0 Å². The molecule has 1 amide bonds. The van der Waals surface area contributed by atoms with Gasteiger partial charge in [-0.05, 0) is 44.2 Å². The number of fused-ring (bicyclic) bond motifs is 1. The third-order valence-corrected chi connectivity index (χ3v) is 3.54. The van der Waals surface area contributed by atoms with Gasteiger partial charge in [0.2, 0.25) is 5.91 Å². The molecule has 0 aliphatic heterocycles. The lowest BCUT2D eigenvalue weighted by molar-refractivity contribution is -0.119. The molecule has 1 aromatic carbocycles. The first-order chi connectivity index (χ1) is 9.63. The molecule has 5 heteroatoms. The summed E-state index contributed by atoms with van der Waals surface area (Å²) in [5, 5.41) is 3.89. The molecule has 0 saturated carbocycles. The van der Waals surface area contributed by atoms with Crippen LogP contribution >= 0.6 is 15.9 Å². The summed E-state index contributed by atoms with van der Waals surface area (Å²) in [7, 11) is 0. The second-order valence-corrected chi connectivity index (χ2v) is 5.39. The summed E-state index contributed by atoms with van der Waals surface area (Å²) in [4.78, 5) is 18.3. The number of likely N-dealkylation sites (N-methyl/N-ethyl adjacent to an activating group) is 2. The summed E-state index contributed by atoms with van der Waals surface area (Å²) in [6.07, 6.45) is 0. The van der Waals surface area contributed by atoms with Crippen LogP contribution in [0.25, 0.3) is 10.9 Å². The highest BCUT2D eigenvalue weighted by Crippen LogP contribution is 2.21. The van der Waals surface area contributed by atoms with E-state index < -0.39 is 0 Å². The molecule has 2 rings (SSSR count). The number of pyridine rings is 1. The normalized spacial score (nSPS) is 10.6. The zero-order valence-electron chi connectivity index (χ0n) is 11.7. The number of carbonyl (C=O) groups is 1. The van der Waals surface area contributed by atoms with Gasteiger partial charge in [-0.25, -0.2) is 4.98 Å². The van der Waals surface area contributed by atoms with Crippen molar-refractivity contribution in [2.24, 2.45) is 0 Å². The standard InChI is InChI=1S/C15H18BrN3O/c1-3-17-15(20)10-19(4-2)14-8-5-11-9-12(16)6-7-13(11)18-14/h5-9H,3-4,10H2,1-2H3,(H,17,20). The van der Waals surface area contributed by atoms with Crippen LogP contribution in [0, 0.1) is 0 Å². The second kappa shape index (κ2) is 6.70. The van der Waals surface area contributed by atoms with Gasteiger partial charge in [0.25, 0.3) is 0 Å². The molecule has 106 valence electrons. The number of aromatic nitrogens is 1. The molecule has 1 heterocycles. The van der Waals surface area contributed by atoms with Crippen molar-refractivity contribution < 1.29 is 4.79 Å². The van der Waals surface area contributed by atoms with Gasteiger partial charge in [-0.3, -0.25) is 4.79 Å². The highest BCUT2D eigenvalue weighted by molar-refractivity contribution is 9.10. The quantitative estimate of drug-likeness (QED) is 0.913. The molecule has 20 heavy (non-hydrogen) atoms. The fourth-order valence-corrected chi connectivity index (χ4v) is 2.42. The average Bonchev–Trinajstić information content (AvgIpc) is 2.44. The van der Waals surface area contributed by atoms with Gasteiger partial charge in [-0.2, -0.15) is 0 Å². The van der Waals surface area contributed by atoms with Crippen LogP contribution < -0.4 is 10.2 Å². The smallest absolute Gasteiger partial charge is 0.239 e. The summed E-state index contributed by atoms with van der Waals surface area (Å²) < 4.78 is 1.04. The first-order valence-corrected chi connectivity index (χ1v) is 7.51. The molecule has 0 aliphatic rings. The molecular formula is C15H18BrN3O. The Kier molecular flexibility index (Phi) is 4.95. The fourth-order valence-electron chi connectivity index (χ4n) is 2.04. The lowest BCUT2D eigenvalue weighted by atomic mass is 10.2. The van der Waals surface area contributed by atoms with E-state index in [-0.39, 0.29) is 5.91 Å². The SMILES string of the molecule is CCNC(=O)CN(CC)c1ccc2cc(Br)ccc2n1. The number of carbonyl (C=O) groups excluding carboxylic acids is 1. The maximum absolute atomic E-state index is 11.7. The Balaban J connectivity index is 2.25. The van der Waals surface area contributed by atoms with Gasteiger partial charge in [0, 0.05) is 22.9 Å². The van der Waals surface area contributed by atoms with E-state index in [1.54, 1.807) is 0 Å². The van der Waals surface area contributed by atoms with Gasteiger partial charge in [-0.1, -0.05) is 15.9 Å². The summed E-state index contributed by atoms with van der Waals surface area (Å²) in [6, 6.07) is 9.97. The molecule has 4 nitrogen and oxygen atoms in total. The minimum Gasteiger partial charge on any atom is -0.355 e. The average molecular weight is 336 g/mol. The molecule has 1 N–H and O–H groups in total. The van der Waals surface area contributed by atoms with Crippen molar-refractivity contribution in [2.75, 3.05) is 24.5 Å². The fraction of sp³-hybridized carbons (Fsp3) is 0.333. The monoisotopic (exact) mass is 335 g/mol. The number of hydrogen-bond donors (Lipinski definition) is 1. The zero-order chi connectivity index (χ0) is 14.5. The lowest BCUT2D eigenvalue weighted by Crippen LogP contribution is -2.37. The van der Waals surface area contributed by atoms with E-state index >= 15 is 0 Å². The van der Waals surface area contributed by atoms with Crippen LogP contribution in [0.2, 0.25) is 0 Å². The molecule has 0 saturated heterocycles. The molecule has 0 aliphatic carbocycles. The third kappa shape index (κ3) is 3.48. The van der Waals surface area contributed by atoms with E-state index in [4.69, 9.17) is 0 Å². The predicted octanol–water partition coefficient (Wildman–Crippen LogP) is 2.96. The summed E-state index contributed by atoms with van der Waals surface area (Å²) >= 11 is 3.45. The second-order valence-electron chi connectivity index (χ2n) is 4.47. The lowest BCUT2D eigenvalue weighted by Gasteiger charge is -2.21. The number of benzene rings is 1. The molecule has 1 aromatic heterocycles. The molecular weight excluding hydrogens is 318 g/mol. The molecule has 0 fully saturated rings. The number of anilines is 1. The molecule has 0 radical (unpaired) electrons. The highest BCUT2D eigenvalue weighted by Gasteiger charge is 2.11. The first kappa shape index (κ1) is 14.8. The highest BCUT2D eigenvalue weighted by atomic mass is 79.9. The van der Waals surface area contributed by atoms with Crippen LogP contribution in [0.5, 0.6) is 0 Å². The summed E-state index contributed by atoms with van der Waals surface area (Å²) in [5.41, 5.74) is 0.931. The van der Waals surface area contributed by atoms with Crippen molar-refractivity contribution in [3.05, 3.63) is 34.8 Å². The van der Waals surface area contributed by atoms with Crippen LogP contribution in [0.15, 0.2) is 34.8 Å². The Morgan fingerprint density at radius 3 is 2.80 bits per heavy atom. The van der Waals surface area contributed by atoms with Crippen LogP contribution in [0.1, 0.15) is 13.8 Å². The van der Waals surface area contributed by atoms with Gasteiger partial charge >= 0.3 is 0 Å². The van der Waals surface area contributed by atoms with Gasteiger partial charge in [0.15, 0.2) is 0 Å². The Bertz CT molecular complexity index is 615. The third-order valence-electron chi connectivity index (χ3n) is 3.05. The van der Waals surface area contributed by atoms with E-state index in [0.717, 1.165) is 27.7 Å². The van der Waals surface area contributed by atoms with Crippen LogP contribution in [0.4, 0.5) is 5.82 Å². The van der Waals surface area contributed by atoms with E-state index in [9.17, 15) is 4.79 Å². The molecule has 0 unspecified atom stereocenters. The van der Waals surface area contributed by atoms with Gasteiger partial charge in [0.05, 0.1) is 12.1 Å².